The minimum absolute atomic E-state index is 0.0731. The summed E-state index contributed by atoms with van der Waals surface area (Å²) in [6, 6.07) is 0. The van der Waals surface area contributed by atoms with Gasteiger partial charge in [0.1, 0.15) is 0 Å². The third-order valence-corrected chi connectivity index (χ3v) is 2.77. The van der Waals surface area contributed by atoms with Gasteiger partial charge in [-0.05, 0) is 24.7 Å². The van der Waals surface area contributed by atoms with Crippen molar-refractivity contribution < 1.29 is 5.11 Å². The van der Waals surface area contributed by atoms with Gasteiger partial charge in [0.25, 0.3) is 0 Å². The molecular weight excluding hydrogens is 112 g/mol. The Morgan fingerprint density at radius 1 is 1.44 bits per heavy atom. The number of terminal acetylenes is 1. The standard InChI is InChI=1S/C8H10O/c1-2-6-5-3-7(6)8(9)4-5/h1,5-9H,3-4H2/t5-,6-,7-,8+/m1/s1. The van der Waals surface area contributed by atoms with E-state index in [0.29, 0.717) is 17.8 Å². The summed E-state index contributed by atoms with van der Waals surface area (Å²) in [5, 5.41) is 9.25. The molecule has 3 aliphatic rings. The molecule has 0 aromatic heterocycles. The van der Waals surface area contributed by atoms with Crippen LogP contribution < -0.4 is 0 Å². The zero-order chi connectivity index (χ0) is 6.43. The number of rotatable bonds is 0. The van der Waals surface area contributed by atoms with E-state index < -0.39 is 0 Å². The van der Waals surface area contributed by atoms with E-state index in [0.717, 1.165) is 6.42 Å². The second-order valence-electron chi connectivity index (χ2n) is 3.16. The molecule has 48 valence electrons. The summed E-state index contributed by atoms with van der Waals surface area (Å²) in [6.07, 6.45) is 7.32. The molecule has 1 N–H and O–H groups in total. The molecule has 1 heteroatoms. The van der Waals surface area contributed by atoms with Crippen molar-refractivity contribution >= 4 is 0 Å². The van der Waals surface area contributed by atoms with Crippen molar-refractivity contribution in [2.24, 2.45) is 17.8 Å². The van der Waals surface area contributed by atoms with Gasteiger partial charge in [-0.3, -0.25) is 0 Å². The summed E-state index contributed by atoms with van der Waals surface area (Å²) < 4.78 is 0. The Bertz CT molecular complexity index is 168. The highest BCUT2D eigenvalue weighted by atomic mass is 16.3. The second-order valence-corrected chi connectivity index (χ2v) is 3.16. The van der Waals surface area contributed by atoms with Crippen LogP contribution in [0.5, 0.6) is 0 Å². The van der Waals surface area contributed by atoms with Gasteiger partial charge in [0.15, 0.2) is 0 Å². The predicted octanol–water partition coefficient (Wildman–Crippen LogP) is 0.637. The molecule has 3 saturated carbocycles. The molecule has 4 atom stereocenters. The molecule has 3 rings (SSSR count). The summed E-state index contributed by atoms with van der Waals surface area (Å²) in [5.41, 5.74) is 0. The molecule has 0 spiro atoms. The fraction of sp³-hybridized carbons (Fsp3) is 0.750. The monoisotopic (exact) mass is 122 g/mol. The third-order valence-electron chi connectivity index (χ3n) is 2.77. The molecular formula is C8H10O. The number of fused-ring (bicyclic) bond motifs is 1. The number of aliphatic hydroxyl groups is 1. The highest BCUT2D eigenvalue weighted by Crippen LogP contribution is 2.52. The molecule has 0 saturated heterocycles. The summed E-state index contributed by atoms with van der Waals surface area (Å²) in [5.74, 6) is 4.27. The number of aliphatic hydroxyl groups excluding tert-OH is 1. The number of hydrogen-bond donors (Lipinski definition) is 1. The Hall–Kier alpha value is -0.480. The maximum Gasteiger partial charge on any atom is 0.0583 e. The summed E-state index contributed by atoms with van der Waals surface area (Å²) >= 11 is 0. The van der Waals surface area contributed by atoms with Crippen LogP contribution in [-0.4, -0.2) is 11.2 Å². The maximum atomic E-state index is 9.25. The Morgan fingerprint density at radius 3 is 2.44 bits per heavy atom. The van der Waals surface area contributed by atoms with Crippen LogP contribution in [0.4, 0.5) is 0 Å². The van der Waals surface area contributed by atoms with Gasteiger partial charge >= 0.3 is 0 Å². The van der Waals surface area contributed by atoms with Crippen molar-refractivity contribution in [1.29, 1.82) is 0 Å². The van der Waals surface area contributed by atoms with Gasteiger partial charge in [-0.1, -0.05) is 0 Å². The third kappa shape index (κ3) is 0.495. The van der Waals surface area contributed by atoms with Gasteiger partial charge in [0, 0.05) is 5.92 Å². The lowest BCUT2D eigenvalue weighted by Crippen LogP contribution is -2.29. The van der Waals surface area contributed by atoms with E-state index >= 15 is 0 Å². The van der Waals surface area contributed by atoms with Gasteiger partial charge in [0.2, 0.25) is 0 Å². The van der Waals surface area contributed by atoms with Crippen LogP contribution in [0.2, 0.25) is 0 Å². The average Bonchev–Trinajstić information content (AvgIpc) is 2.22. The Labute approximate surface area is 55.1 Å². The maximum absolute atomic E-state index is 9.25. The highest BCUT2D eigenvalue weighted by Gasteiger charge is 2.51. The zero-order valence-corrected chi connectivity index (χ0v) is 5.25. The van der Waals surface area contributed by atoms with E-state index in [-0.39, 0.29) is 6.10 Å². The van der Waals surface area contributed by atoms with Crippen molar-refractivity contribution in [2.45, 2.75) is 18.9 Å². The van der Waals surface area contributed by atoms with Gasteiger partial charge in [-0.25, -0.2) is 0 Å². The van der Waals surface area contributed by atoms with Gasteiger partial charge in [-0.2, -0.15) is 0 Å². The summed E-state index contributed by atoms with van der Waals surface area (Å²) in [6.45, 7) is 0. The lowest BCUT2D eigenvalue weighted by atomic mass is 9.73. The van der Waals surface area contributed by atoms with Crippen LogP contribution in [0.25, 0.3) is 0 Å². The molecule has 3 aliphatic carbocycles. The van der Waals surface area contributed by atoms with Crippen LogP contribution in [0.1, 0.15) is 12.8 Å². The van der Waals surface area contributed by atoms with Gasteiger partial charge in [0.05, 0.1) is 6.10 Å². The van der Waals surface area contributed by atoms with Crippen LogP contribution in [0, 0.1) is 30.1 Å². The molecule has 0 amide bonds. The largest absolute Gasteiger partial charge is 0.393 e. The molecule has 0 aromatic rings. The summed E-state index contributed by atoms with van der Waals surface area (Å²) in [4.78, 5) is 0. The van der Waals surface area contributed by atoms with Gasteiger partial charge in [-0.15, -0.1) is 12.3 Å². The van der Waals surface area contributed by atoms with E-state index in [9.17, 15) is 5.11 Å². The topological polar surface area (TPSA) is 20.2 Å². The molecule has 0 unspecified atom stereocenters. The lowest BCUT2D eigenvalue weighted by Gasteiger charge is -2.31. The molecule has 1 nitrogen and oxygen atoms in total. The zero-order valence-electron chi connectivity index (χ0n) is 5.25. The van der Waals surface area contributed by atoms with Crippen LogP contribution >= 0.6 is 0 Å². The summed E-state index contributed by atoms with van der Waals surface area (Å²) in [7, 11) is 0. The van der Waals surface area contributed by atoms with E-state index in [1.54, 1.807) is 0 Å². The van der Waals surface area contributed by atoms with Crippen molar-refractivity contribution in [2.75, 3.05) is 0 Å². The Kier molecular flexibility index (Phi) is 0.896. The van der Waals surface area contributed by atoms with Gasteiger partial charge < -0.3 is 5.11 Å². The molecule has 0 aromatic carbocycles. The minimum Gasteiger partial charge on any atom is -0.393 e. The Balaban J connectivity index is 2.15. The first kappa shape index (κ1) is 5.32. The average molecular weight is 122 g/mol. The van der Waals surface area contributed by atoms with E-state index in [4.69, 9.17) is 6.42 Å². The molecule has 3 fully saturated rings. The minimum atomic E-state index is -0.0731. The fourth-order valence-electron chi connectivity index (χ4n) is 2.18. The molecule has 0 radical (unpaired) electrons. The SMILES string of the molecule is C#C[C@@H]1[C@@H]2C[C@H]1[C@@H](O)C2. The molecule has 0 aliphatic heterocycles. The highest BCUT2D eigenvalue weighted by molar-refractivity contribution is 5.13. The quantitative estimate of drug-likeness (QED) is 0.467. The first-order valence-electron chi connectivity index (χ1n) is 3.47. The molecule has 9 heavy (non-hydrogen) atoms. The first-order valence-corrected chi connectivity index (χ1v) is 3.47. The molecule has 2 bridgehead atoms. The normalized spacial score (nSPS) is 54.2. The smallest absolute Gasteiger partial charge is 0.0583 e. The van der Waals surface area contributed by atoms with Crippen LogP contribution in [-0.2, 0) is 0 Å². The fourth-order valence-corrected chi connectivity index (χ4v) is 2.18. The molecule has 0 heterocycles. The Morgan fingerprint density at radius 2 is 2.22 bits per heavy atom. The predicted molar refractivity (Wildman–Crippen MR) is 34.5 cm³/mol. The first-order chi connectivity index (χ1) is 4.33. The van der Waals surface area contributed by atoms with Crippen molar-refractivity contribution in [3.8, 4) is 12.3 Å². The van der Waals surface area contributed by atoms with Crippen LogP contribution in [0.15, 0.2) is 0 Å². The van der Waals surface area contributed by atoms with Crippen molar-refractivity contribution in [3.05, 3.63) is 0 Å². The lowest BCUT2D eigenvalue weighted by molar-refractivity contribution is 0.108. The van der Waals surface area contributed by atoms with Crippen LogP contribution in [0.3, 0.4) is 0 Å². The van der Waals surface area contributed by atoms with E-state index in [2.05, 4.69) is 5.92 Å². The van der Waals surface area contributed by atoms with Crippen molar-refractivity contribution in [3.63, 3.8) is 0 Å². The second kappa shape index (κ2) is 1.52. The van der Waals surface area contributed by atoms with E-state index in [1.807, 2.05) is 0 Å². The number of hydrogen-bond acceptors (Lipinski definition) is 1. The van der Waals surface area contributed by atoms with Crippen molar-refractivity contribution in [1.82, 2.24) is 0 Å². The van der Waals surface area contributed by atoms with E-state index in [1.165, 1.54) is 6.42 Å².